The molecule has 0 spiro atoms. The molecule has 1 atom stereocenters. The zero-order valence-corrected chi connectivity index (χ0v) is 17.6. The first-order chi connectivity index (χ1) is 15.0. The topological polar surface area (TPSA) is 64.0 Å². The Hall–Kier alpha value is -3.45. The molecule has 0 aliphatic rings. The molecule has 1 aromatic heterocycles. The molecule has 4 aromatic rings. The molecule has 4 rings (SSSR count). The average Bonchev–Trinajstić information content (AvgIpc) is 2.79. The molecule has 5 nitrogen and oxygen atoms in total. The lowest BCUT2D eigenvalue weighted by Gasteiger charge is -2.16. The second kappa shape index (κ2) is 9.14. The summed E-state index contributed by atoms with van der Waals surface area (Å²) in [4.78, 5) is 30.2. The molecule has 0 radical (unpaired) electrons. The Bertz CT molecular complexity index is 1290. The molecule has 0 saturated carbocycles. The van der Waals surface area contributed by atoms with Crippen LogP contribution in [0.15, 0.2) is 88.8 Å². The molecule has 1 amide bonds. The molecule has 0 saturated heterocycles. The SMILES string of the molecule is CC(NC(=O)CSc1nc2ccccc2c(=O)n1-c1ccccc1F)c1ccccc1. The molecule has 1 heterocycles. The number of aromatic nitrogens is 2. The van der Waals surface area contributed by atoms with Crippen LogP contribution in [-0.4, -0.2) is 21.2 Å². The normalized spacial score (nSPS) is 11.9. The molecule has 31 heavy (non-hydrogen) atoms. The summed E-state index contributed by atoms with van der Waals surface area (Å²) in [6.07, 6.45) is 0. The molecule has 1 N–H and O–H groups in total. The first kappa shape index (κ1) is 20.8. The van der Waals surface area contributed by atoms with Crippen molar-refractivity contribution >= 4 is 28.6 Å². The van der Waals surface area contributed by atoms with Crippen LogP contribution >= 0.6 is 11.8 Å². The number of hydrogen-bond acceptors (Lipinski definition) is 4. The van der Waals surface area contributed by atoms with Gasteiger partial charge in [-0.15, -0.1) is 0 Å². The number of hydrogen-bond donors (Lipinski definition) is 1. The van der Waals surface area contributed by atoms with Crippen molar-refractivity contribution < 1.29 is 9.18 Å². The average molecular weight is 434 g/mol. The minimum absolute atomic E-state index is 0.0381. The van der Waals surface area contributed by atoms with Crippen LogP contribution in [0.2, 0.25) is 0 Å². The van der Waals surface area contributed by atoms with Crippen LogP contribution in [0.4, 0.5) is 4.39 Å². The highest BCUT2D eigenvalue weighted by Crippen LogP contribution is 2.23. The number of rotatable bonds is 6. The lowest BCUT2D eigenvalue weighted by molar-refractivity contribution is -0.119. The third kappa shape index (κ3) is 4.51. The number of carbonyl (C=O) groups excluding carboxylic acids is 1. The van der Waals surface area contributed by atoms with Gasteiger partial charge in [0.1, 0.15) is 5.82 Å². The zero-order chi connectivity index (χ0) is 21.8. The highest BCUT2D eigenvalue weighted by molar-refractivity contribution is 7.99. The number of thioether (sulfide) groups is 1. The summed E-state index contributed by atoms with van der Waals surface area (Å²) < 4.78 is 15.8. The van der Waals surface area contributed by atoms with Crippen molar-refractivity contribution in [3.63, 3.8) is 0 Å². The van der Waals surface area contributed by atoms with E-state index in [9.17, 15) is 14.0 Å². The van der Waals surface area contributed by atoms with Crippen LogP contribution < -0.4 is 10.9 Å². The summed E-state index contributed by atoms with van der Waals surface area (Å²) in [5, 5.41) is 3.59. The molecule has 156 valence electrons. The Morgan fingerprint density at radius 2 is 1.71 bits per heavy atom. The van der Waals surface area contributed by atoms with Crippen molar-refractivity contribution in [2.24, 2.45) is 0 Å². The van der Waals surface area contributed by atoms with E-state index >= 15 is 0 Å². The Balaban J connectivity index is 1.64. The molecule has 0 aliphatic carbocycles. The summed E-state index contributed by atoms with van der Waals surface area (Å²) in [7, 11) is 0. The van der Waals surface area contributed by atoms with Crippen LogP contribution in [0.3, 0.4) is 0 Å². The van der Waals surface area contributed by atoms with Gasteiger partial charge in [-0.2, -0.15) is 0 Å². The predicted octanol–water partition coefficient (Wildman–Crippen LogP) is 4.49. The Labute approximate surface area is 182 Å². The molecule has 0 aliphatic heterocycles. The number of fused-ring (bicyclic) bond motifs is 1. The van der Waals surface area contributed by atoms with E-state index in [-0.39, 0.29) is 34.1 Å². The summed E-state index contributed by atoms with van der Waals surface area (Å²) in [6.45, 7) is 1.90. The largest absolute Gasteiger partial charge is 0.349 e. The van der Waals surface area contributed by atoms with E-state index in [1.54, 1.807) is 36.4 Å². The van der Waals surface area contributed by atoms with Crippen molar-refractivity contribution in [3.8, 4) is 5.69 Å². The first-order valence-corrected chi connectivity index (χ1v) is 10.8. The van der Waals surface area contributed by atoms with E-state index in [1.165, 1.54) is 16.7 Å². The summed E-state index contributed by atoms with van der Waals surface area (Å²) >= 11 is 1.10. The van der Waals surface area contributed by atoms with Gasteiger partial charge < -0.3 is 5.32 Å². The summed E-state index contributed by atoms with van der Waals surface area (Å²) in [6, 6.07) is 22.4. The summed E-state index contributed by atoms with van der Waals surface area (Å²) in [5.74, 6) is -0.703. The standard InChI is InChI=1S/C24H20FN3O2S/c1-16(17-9-3-2-4-10-17)26-22(29)15-31-24-27-20-13-7-5-11-18(20)23(30)28(24)21-14-8-6-12-19(21)25/h2-14,16H,15H2,1H3,(H,26,29). The minimum atomic E-state index is -0.536. The highest BCUT2D eigenvalue weighted by Gasteiger charge is 2.17. The molecular formula is C24H20FN3O2S. The number of amides is 1. The quantitative estimate of drug-likeness (QED) is 0.359. The number of nitrogens with zero attached hydrogens (tertiary/aromatic N) is 2. The van der Waals surface area contributed by atoms with Gasteiger partial charge in [-0.25, -0.2) is 9.37 Å². The lowest BCUT2D eigenvalue weighted by Crippen LogP contribution is -2.29. The van der Waals surface area contributed by atoms with Crippen molar-refractivity contribution in [2.45, 2.75) is 18.1 Å². The molecule has 1 unspecified atom stereocenters. The van der Waals surface area contributed by atoms with Gasteiger partial charge in [0.2, 0.25) is 5.91 Å². The number of para-hydroxylation sites is 2. The molecule has 0 fully saturated rings. The maximum absolute atomic E-state index is 14.5. The Morgan fingerprint density at radius 1 is 1.03 bits per heavy atom. The lowest BCUT2D eigenvalue weighted by atomic mass is 10.1. The molecular weight excluding hydrogens is 413 g/mol. The van der Waals surface area contributed by atoms with E-state index in [0.717, 1.165) is 17.3 Å². The Kier molecular flexibility index (Phi) is 6.13. The number of nitrogens with one attached hydrogen (secondary N) is 1. The minimum Gasteiger partial charge on any atom is -0.349 e. The maximum Gasteiger partial charge on any atom is 0.266 e. The first-order valence-electron chi connectivity index (χ1n) is 9.78. The van der Waals surface area contributed by atoms with Crippen LogP contribution in [-0.2, 0) is 4.79 Å². The number of carbonyl (C=O) groups is 1. The molecule has 3 aromatic carbocycles. The van der Waals surface area contributed by atoms with Crippen LogP contribution in [0.1, 0.15) is 18.5 Å². The van der Waals surface area contributed by atoms with Gasteiger partial charge in [-0.3, -0.25) is 14.2 Å². The zero-order valence-electron chi connectivity index (χ0n) is 16.8. The van der Waals surface area contributed by atoms with Gasteiger partial charge in [0.15, 0.2) is 5.16 Å². The van der Waals surface area contributed by atoms with E-state index < -0.39 is 5.82 Å². The van der Waals surface area contributed by atoms with Gasteiger partial charge in [-0.05, 0) is 36.8 Å². The second-order valence-electron chi connectivity index (χ2n) is 6.99. The second-order valence-corrected chi connectivity index (χ2v) is 7.93. The fourth-order valence-electron chi connectivity index (χ4n) is 3.29. The smallest absolute Gasteiger partial charge is 0.266 e. The highest BCUT2D eigenvalue weighted by atomic mass is 32.2. The third-order valence-electron chi connectivity index (χ3n) is 4.85. The predicted molar refractivity (Wildman–Crippen MR) is 121 cm³/mol. The van der Waals surface area contributed by atoms with Crippen molar-refractivity contribution in [1.29, 1.82) is 0 Å². The summed E-state index contributed by atoms with van der Waals surface area (Å²) in [5.41, 5.74) is 1.22. The van der Waals surface area contributed by atoms with Gasteiger partial charge in [0.25, 0.3) is 5.56 Å². The van der Waals surface area contributed by atoms with E-state index in [2.05, 4.69) is 10.3 Å². The van der Waals surface area contributed by atoms with Crippen LogP contribution in [0.25, 0.3) is 16.6 Å². The van der Waals surface area contributed by atoms with Gasteiger partial charge in [0.05, 0.1) is 28.4 Å². The van der Waals surface area contributed by atoms with E-state index in [1.807, 2.05) is 37.3 Å². The van der Waals surface area contributed by atoms with Crippen LogP contribution in [0.5, 0.6) is 0 Å². The fraction of sp³-hybridized carbons (Fsp3) is 0.125. The van der Waals surface area contributed by atoms with Crippen LogP contribution in [0, 0.1) is 5.82 Å². The molecule has 7 heteroatoms. The van der Waals surface area contributed by atoms with E-state index in [0.29, 0.717) is 10.9 Å². The fourth-order valence-corrected chi connectivity index (χ4v) is 4.11. The Morgan fingerprint density at radius 3 is 2.48 bits per heavy atom. The number of halogens is 1. The third-order valence-corrected chi connectivity index (χ3v) is 5.79. The van der Waals surface area contributed by atoms with Crippen molar-refractivity contribution in [3.05, 3.63) is 101 Å². The van der Waals surface area contributed by atoms with Crippen molar-refractivity contribution in [2.75, 3.05) is 5.75 Å². The van der Waals surface area contributed by atoms with Gasteiger partial charge in [0, 0.05) is 0 Å². The van der Waals surface area contributed by atoms with Gasteiger partial charge in [-0.1, -0.05) is 66.4 Å². The molecule has 0 bridgehead atoms. The van der Waals surface area contributed by atoms with Gasteiger partial charge >= 0.3 is 0 Å². The van der Waals surface area contributed by atoms with E-state index in [4.69, 9.17) is 0 Å². The maximum atomic E-state index is 14.5. The van der Waals surface area contributed by atoms with Crippen molar-refractivity contribution in [1.82, 2.24) is 14.9 Å². The number of benzene rings is 3. The monoisotopic (exact) mass is 433 g/mol.